The fraction of sp³-hybridized carbons (Fsp3) is 0.217. The number of furan rings is 1. The molecule has 0 bridgehead atoms. The molecule has 0 atom stereocenters. The van der Waals surface area contributed by atoms with Crippen LogP contribution >= 0.6 is 11.3 Å². The van der Waals surface area contributed by atoms with Crippen molar-refractivity contribution in [2.75, 3.05) is 0 Å². The second-order valence-corrected chi connectivity index (χ2v) is 15.6. The second-order valence-electron chi connectivity index (χ2n) is 14.6. The van der Waals surface area contributed by atoms with Crippen molar-refractivity contribution in [2.24, 2.45) is 5.41 Å². The number of thiophene rings is 1. The molecule has 0 aliphatic heterocycles. The predicted octanol–water partition coefficient (Wildman–Crippen LogP) is 13.0. The van der Waals surface area contributed by atoms with Gasteiger partial charge in [-0.2, -0.15) is 0 Å². The Morgan fingerprint density at radius 2 is 1.47 bits per heavy atom. The summed E-state index contributed by atoms with van der Waals surface area (Å²) < 4.78 is 7.73. The standard InChI is InChI=1S/C32H28NOS.C14H14N.Ir/c1-19-8-6-9-20(2)28(19)26-18-33-27(16-22(26)17-32(3,4)5)25-11-7-10-23-24-13-12-21-14-15-35-31(21)30(24)34-29(23)25;1-10-4-6-13(7-5-10)14-8-11(2)12(3)9-15-14;/h6-10,12-16,18H,17H2,1-5H3;4-6,8-9H,1-3H3;/q2*-1;. The Morgan fingerprint density at radius 1 is 0.725 bits per heavy atom. The number of nitrogens with zero attached hydrogens (tertiary/aromatic N) is 2. The second kappa shape index (κ2) is 14.7. The Morgan fingerprint density at radius 3 is 2.18 bits per heavy atom. The summed E-state index contributed by atoms with van der Waals surface area (Å²) in [6, 6.07) is 34.3. The molecule has 0 N–H and O–H groups in total. The van der Waals surface area contributed by atoms with Gasteiger partial charge in [-0.05, 0) is 95.6 Å². The average molecular weight is 863 g/mol. The van der Waals surface area contributed by atoms with Crippen LogP contribution in [0.25, 0.3) is 65.7 Å². The van der Waals surface area contributed by atoms with Crippen LogP contribution < -0.4 is 0 Å². The van der Waals surface area contributed by atoms with Crippen molar-refractivity contribution in [3.8, 4) is 33.6 Å². The summed E-state index contributed by atoms with van der Waals surface area (Å²) in [4.78, 5) is 9.39. The normalized spacial score (nSPS) is 11.5. The van der Waals surface area contributed by atoms with Gasteiger partial charge in [0.05, 0.1) is 10.3 Å². The number of aryl methyl sites for hydroxylation is 5. The van der Waals surface area contributed by atoms with Crippen molar-refractivity contribution in [1.29, 1.82) is 0 Å². The quantitative estimate of drug-likeness (QED) is 0.166. The minimum absolute atomic E-state index is 0. The molecule has 0 spiro atoms. The average Bonchev–Trinajstić information content (AvgIpc) is 3.71. The van der Waals surface area contributed by atoms with Gasteiger partial charge in [-0.3, -0.25) is 0 Å². The Balaban J connectivity index is 0.000000236. The predicted molar refractivity (Wildman–Crippen MR) is 212 cm³/mol. The topological polar surface area (TPSA) is 38.9 Å². The van der Waals surface area contributed by atoms with Crippen LogP contribution in [0.4, 0.5) is 0 Å². The van der Waals surface area contributed by atoms with Crippen LogP contribution in [0.3, 0.4) is 0 Å². The number of hydrogen-bond acceptors (Lipinski definition) is 4. The van der Waals surface area contributed by atoms with Crippen LogP contribution in [0.5, 0.6) is 0 Å². The molecule has 0 unspecified atom stereocenters. The van der Waals surface area contributed by atoms with E-state index in [-0.39, 0.29) is 25.5 Å². The van der Waals surface area contributed by atoms with E-state index in [0.717, 1.165) is 50.9 Å². The Hall–Kier alpha value is -4.41. The number of pyridine rings is 2. The van der Waals surface area contributed by atoms with Gasteiger partial charge in [-0.25, -0.2) is 0 Å². The maximum atomic E-state index is 6.54. The Kier molecular flexibility index (Phi) is 10.5. The molecule has 4 aromatic heterocycles. The van der Waals surface area contributed by atoms with Crippen molar-refractivity contribution in [3.05, 3.63) is 142 Å². The van der Waals surface area contributed by atoms with Crippen LogP contribution in [0.2, 0.25) is 0 Å². The smallest absolute Gasteiger partial charge is 0.138 e. The third-order valence-electron chi connectivity index (χ3n) is 9.35. The molecular weight excluding hydrogens is 821 g/mol. The fourth-order valence-corrected chi connectivity index (χ4v) is 7.55. The van der Waals surface area contributed by atoms with Crippen molar-refractivity contribution in [3.63, 3.8) is 0 Å². The largest absolute Gasteiger partial charge is 0.499 e. The third kappa shape index (κ3) is 7.48. The first-order valence-corrected chi connectivity index (χ1v) is 18.1. The Bertz CT molecular complexity index is 2480. The first-order chi connectivity index (χ1) is 24.0. The van der Waals surface area contributed by atoms with E-state index < -0.39 is 0 Å². The van der Waals surface area contributed by atoms with Crippen LogP contribution in [0.1, 0.15) is 54.2 Å². The molecule has 259 valence electrons. The maximum Gasteiger partial charge on any atom is 0.138 e. The first kappa shape index (κ1) is 36.4. The summed E-state index contributed by atoms with van der Waals surface area (Å²) in [7, 11) is 0. The monoisotopic (exact) mass is 863 g/mol. The number of aromatic nitrogens is 2. The van der Waals surface area contributed by atoms with Gasteiger partial charge < -0.3 is 14.4 Å². The van der Waals surface area contributed by atoms with Gasteiger partial charge in [0.2, 0.25) is 0 Å². The van der Waals surface area contributed by atoms with Gasteiger partial charge in [-0.1, -0.05) is 86.7 Å². The van der Waals surface area contributed by atoms with E-state index in [9.17, 15) is 0 Å². The van der Waals surface area contributed by atoms with Gasteiger partial charge in [0.15, 0.2) is 0 Å². The van der Waals surface area contributed by atoms with Crippen LogP contribution in [-0.2, 0) is 26.5 Å². The molecule has 51 heavy (non-hydrogen) atoms. The molecule has 8 rings (SSSR count). The zero-order valence-electron chi connectivity index (χ0n) is 30.5. The van der Waals surface area contributed by atoms with Gasteiger partial charge in [-0.15, -0.1) is 64.9 Å². The number of benzene rings is 4. The van der Waals surface area contributed by atoms with Gasteiger partial charge in [0.1, 0.15) is 5.58 Å². The molecule has 1 radical (unpaired) electrons. The van der Waals surface area contributed by atoms with E-state index in [1.807, 2.05) is 18.3 Å². The van der Waals surface area contributed by atoms with E-state index in [1.165, 1.54) is 54.6 Å². The van der Waals surface area contributed by atoms with E-state index in [0.29, 0.717) is 0 Å². The molecule has 4 aromatic carbocycles. The van der Waals surface area contributed by atoms with E-state index in [2.05, 4.69) is 151 Å². The molecule has 3 nitrogen and oxygen atoms in total. The molecule has 0 aliphatic rings. The molecule has 5 heteroatoms. The SMILES string of the molecule is Cc1c[c-]c(-c2cc(C)c(C)cn2)cc1.Cc1cccc(C)c1-c1cnc(-c2[c-]ccc3c2oc2c3ccc3ccsc32)cc1CC(C)(C)C.[Ir]. The summed E-state index contributed by atoms with van der Waals surface area (Å²) >= 11 is 1.73. The van der Waals surface area contributed by atoms with Gasteiger partial charge in [0.25, 0.3) is 0 Å². The molecule has 0 saturated heterocycles. The van der Waals surface area contributed by atoms with Crippen molar-refractivity contribution in [2.45, 2.75) is 61.8 Å². The van der Waals surface area contributed by atoms with Crippen molar-refractivity contribution in [1.82, 2.24) is 9.97 Å². The molecule has 0 amide bonds. The van der Waals surface area contributed by atoms with Crippen LogP contribution in [0.15, 0.2) is 101 Å². The summed E-state index contributed by atoms with van der Waals surface area (Å²) in [5, 5.41) is 5.60. The first-order valence-electron chi connectivity index (χ1n) is 17.2. The number of rotatable bonds is 4. The van der Waals surface area contributed by atoms with E-state index in [4.69, 9.17) is 9.40 Å². The summed E-state index contributed by atoms with van der Waals surface area (Å²) in [6.45, 7) is 17.5. The summed E-state index contributed by atoms with van der Waals surface area (Å²) in [5.41, 5.74) is 15.9. The Labute approximate surface area is 319 Å². The summed E-state index contributed by atoms with van der Waals surface area (Å²) in [5.74, 6) is 0. The van der Waals surface area contributed by atoms with Crippen LogP contribution in [-0.4, -0.2) is 9.97 Å². The van der Waals surface area contributed by atoms with Crippen LogP contribution in [0, 0.1) is 52.2 Å². The molecular formula is C46H42IrN2OS-2. The molecule has 0 saturated carbocycles. The minimum Gasteiger partial charge on any atom is -0.499 e. The fourth-order valence-electron chi connectivity index (χ4n) is 6.66. The van der Waals surface area contributed by atoms with Crippen molar-refractivity contribution < 1.29 is 24.5 Å². The molecule has 8 aromatic rings. The van der Waals surface area contributed by atoms with Gasteiger partial charge in [0, 0.05) is 43.4 Å². The van der Waals surface area contributed by atoms with Crippen molar-refractivity contribution >= 4 is 43.4 Å². The number of hydrogen-bond donors (Lipinski definition) is 0. The van der Waals surface area contributed by atoms with E-state index >= 15 is 0 Å². The zero-order valence-corrected chi connectivity index (χ0v) is 33.7. The summed E-state index contributed by atoms with van der Waals surface area (Å²) in [6.07, 6.45) is 4.93. The molecule has 0 fully saturated rings. The van der Waals surface area contributed by atoms with Gasteiger partial charge >= 0.3 is 0 Å². The third-order valence-corrected chi connectivity index (χ3v) is 10.3. The zero-order chi connectivity index (χ0) is 35.2. The number of fused-ring (bicyclic) bond motifs is 5. The molecule has 0 aliphatic carbocycles. The minimum atomic E-state index is 0. The van der Waals surface area contributed by atoms with E-state index in [1.54, 1.807) is 11.3 Å². The molecule has 4 heterocycles. The maximum absolute atomic E-state index is 6.54.